The van der Waals surface area contributed by atoms with E-state index in [0.717, 1.165) is 29.4 Å². The van der Waals surface area contributed by atoms with Gasteiger partial charge in [0.2, 0.25) is 5.91 Å². The summed E-state index contributed by atoms with van der Waals surface area (Å²) in [5, 5.41) is 6.67. The van der Waals surface area contributed by atoms with Crippen LogP contribution >= 0.6 is 0 Å². The van der Waals surface area contributed by atoms with Crippen LogP contribution in [-0.2, 0) is 11.3 Å². The van der Waals surface area contributed by atoms with E-state index in [9.17, 15) is 4.79 Å². The number of anilines is 1. The lowest BCUT2D eigenvalue weighted by Gasteiger charge is -2.19. The summed E-state index contributed by atoms with van der Waals surface area (Å²) in [6, 6.07) is 13.8. The second kappa shape index (κ2) is 9.42. The number of guanidine groups is 1. The number of amides is 1. The summed E-state index contributed by atoms with van der Waals surface area (Å²) in [5.74, 6) is 2.55. The second-order valence-corrected chi connectivity index (χ2v) is 7.45. The van der Waals surface area contributed by atoms with Gasteiger partial charge in [0, 0.05) is 43.8 Å². The maximum atomic E-state index is 12.5. The summed E-state index contributed by atoms with van der Waals surface area (Å²) in [5.41, 5.74) is 1.94. The highest BCUT2D eigenvalue weighted by Crippen LogP contribution is 2.21. The fraction of sp³-hybridized carbons (Fsp3) is 0.304. The Bertz CT molecular complexity index is 1040. The van der Waals surface area contributed by atoms with Crippen LogP contribution in [0, 0.1) is 6.92 Å². The summed E-state index contributed by atoms with van der Waals surface area (Å²) in [4.78, 5) is 27.7. The Morgan fingerprint density at radius 3 is 2.71 bits per heavy atom. The van der Waals surface area contributed by atoms with Gasteiger partial charge >= 0.3 is 0 Å². The van der Waals surface area contributed by atoms with E-state index in [4.69, 9.17) is 0 Å². The number of pyridine rings is 1. The van der Waals surface area contributed by atoms with Crippen molar-refractivity contribution in [1.82, 2.24) is 25.2 Å². The summed E-state index contributed by atoms with van der Waals surface area (Å²) in [6.45, 7) is 5.83. The third kappa shape index (κ3) is 4.91. The Labute approximate surface area is 182 Å². The van der Waals surface area contributed by atoms with Crippen molar-refractivity contribution in [2.75, 3.05) is 18.0 Å². The molecule has 1 unspecified atom stereocenters. The molecule has 0 radical (unpaired) electrons. The number of nitrogens with zero attached hydrogens (tertiary/aromatic N) is 5. The number of aryl methyl sites for hydroxylation is 1. The molecule has 8 nitrogen and oxygen atoms in total. The Morgan fingerprint density at radius 2 is 2.03 bits per heavy atom. The molecule has 1 amide bonds. The van der Waals surface area contributed by atoms with E-state index in [-0.39, 0.29) is 11.9 Å². The first kappa shape index (κ1) is 20.6. The first-order chi connectivity index (χ1) is 15.1. The molecule has 4 rings (SSSR count). The van der Waals surface area contributed by atoms with Gasteiger partial charge < -0.3 is 15.5 Å². The zero-order valence-corrected chi connectivity index (χ0v) is 17.8. The lowest BCUT2D eigenvalue weighted by Crippen LogP contribution is -2.44. The lowest BCUT2D eigenvalue weighted by molar-refractivity contribution is -0.117. The minimum atomic E-state index is 0.00947. The van der Waals surface area contributed by atoms with Crippen molar-refractivity contribution in [2.24, 2.45) is 4.99 Å². The fourth-order valence-corrected chi connectivity index (χ4v) is 3.62. The van der Waals surface area contributed by atoms with Crippen molar-refractivity contribution >= 4 is 17.6 Å². The normalized spacial score (nSPS) is 16.6. The number of imidazole rings is 1. The summed E-state index contributed by atoms with van der Waals surface area (Å²) >= 11 is 0. The van der Waals surface area contributed by atoms with Crippen LogP contribution < -0.4 is 15.5 Å². The molecule has 1 saturated heterocycles. The van der Waals surface area contributed by atoms with E-state index < -0.39 is 0 Å². The van der Waals surface area contributed by atoms with Gasteiger partial charge in [-0.1, -0.05) is 24.3 Å². The Morgan fingerprint density at radius 1 is 1.19 bits per heavy atom. The maximum absolute atomic E-state index is 12.5. The number of hydrogen-bond acceptors (Lipinski definition) is 4. The van der Waals surface area contributed by atoms with Crippen LogP contribution in [0.4, 0.5) is 5.69 Å². The van der Waals surface area contributed by atoms with E-state index in [1.807, 2.05) is 78.2 Å². The minimum Gasteiger partial charge on any atom is -0.357 e. The van der Waals surface area contributed by atoms with Crippen molar-refractivity contribution < 1.29 is 4.79 Å². The largest absolute Gasteiger partial charge is 0.357 e. The maximum Gasteiger partial charge on any atom is 0.229 e. The third-order valence-electron chi connectivity index (χ3n) is 5.18. The van der Waals surface area contributed by atoms with Crippen molar-refractivity contribution in [3.05, 3.63) is 72.4 Å². The Kier molecular flexibility index (Phi) is 6.26. The molecule has 3 heterocycles. The molecule has 1 aliphatic rings. The first-order valence-electron chi connectivity index (χ1n) is 10.5. The molecule has 1 aliphatic heterocycles. The first-order valence-corrected chi connectivity index (χ1v) is 10.5. The molecule has 31 heavy (non-hydrogen) atoms. The number of para-hydroxylation sites is 1. The highest BCUT2D eigenvalue weighted by Gasteiger charge is 2.31. The minimum absolute atomic E-state index is 0.00947. The predicted molar refractivity (Wildman–Crippen MR) is 121 cm³/mol. The smallest absolute Gasteiger partial charge is 0.229 e. The SMILES string of the molecule is CCNC(=NCc1ccc(-n2ccnc2C)nc1)NC1CC(=O)N(c2ccccc2)C1. The summed E-state index contributed by atoms with van der Waals surface area (Å²) in [7, 11) is 0. The van der Waals surface area contributed by atoms with Crippen molar-refractivity contribution in [1.29, 1.82) is 0 Å². The van der Waals surface area contributed by atoms with Crippen LogP contribution in [0.1, 0.15) is 24.7 Å². The molecule has 8 heteroatoms. The van der Waals surface area contributed by atoms with Crippen molar-refractivity contribution in [2.45, 2.75) is 32.9 Å². The third-order valence-corrected chi connectivity index (χ3v) is 5.18. The highest BCUT2D eigenvalue weighted by molar-refractivity contribution is 5.97. The number of aromatic nitrogens is 3. The van der Waals surface area contributed by atoms with Gasteiger partial charge in [0.05, 0.1) is 12.6 Å². The molecule has 160 valence electrons. The van der Waals surface area contributed by atoms with Crippen LogP contribution in [0.3, 0.4) is 0 Å². The molecule has 0 spiro atoms. The number of carbonyl (C=O) groups excluding carboxylic acids is 1. The van der Waals surface area contributed by atoms with Gasteiger partial charge in [0.1, 0.15) is 11.6 Å². The van der Waals surface area contributed by atoms with Gasteiger partial charge in [-0.2, -0.15) is 0 Å². The van der Waals surface area contributed by atoms with Crippen LogP contribution in [0.2, 0.25) is 0 Å². The lowest BCUT2D eigenvalue weighted by atomic mass is 10.2. The highest BCUT2D eigenvalue weighted by atomic mass is 16.2. The van der Waals surface area contributed by atoms with Gasteiger partial charge in [-0.3, -0.25) is 9.36 Å². The van der Waals surface area contributed by atoms with E-state index in [0.29, 0.717) is 25.5 Å². The predicted octanol–water partition coefficient (Wildman–Crippen LogP) is 2.44. The molecule has 2 N–H and O–H groups in total. The zero-order chi connectivity index (χ0) is 21.6. The van der Waals surface area contributed by atoms with Gasteiger partial charge in [0.15, 0.2) is 5.96 Å². The van der Waals surface area contributed by atoms with Gasteiger partial charge in [-0.15, -0.1) is 0 Å². The van der Waals surface area contributed by atoms with E-state index in [1.54, 1.807) is 6.20 Å². The average Bonchev–Trinajstić information content (AvgIpc) is 3.38. The summed E-state index contributed by atoms with van der Waals surface area (Å²) < 4.78 is 1.94. The van der Waals surface area contributed by atoms with Gasteiger partial charge in [-0.25, -0.2) is 15.0 Å². The molecule has 1 fully saturated rings. The standard InChI is InChI=1S/C23H27N7O/c1-3-24-23(28-19-13-22(31)30(16-19)20-7-5-4-6-8-20)27-15-18-9-10-21(26-14-18)29-12-11-25-17(29)2/h4-12,14,19H,3,13,15-16H2,1-2H3,(H2,24,27,28). The van der Waals surface area contributed by atoms with Crippen LogP contribution in [0.5, 0.6) is 0 Å². The molecule has 0 bridgehead atoms. The van der Waals surface area contributed by atoms with Gasteiger partial charge in [-0.05, 0) is 37.6 Å². The molecule has 1 aromatic carbocycles. The number of carbonyl (C=O) groups is 1. The van der Waals surface area contributed by atoms with E-state index in [1.165, 1.54) is 0 Å². The van der Waals surface area contributed by atoms with E-state index >= 15 is 0 Å². The number of hydrogen-bond donors (Lipinski definition) is 2. The molecule has 1 atom stereocenters. The van der Waals surface area contributed by atoms with Crippen LogP contribution in [-0.4, -0.2) is 45.5 Å². The quantitative estimate of drug-likeness (QED) is 0.475. The number of rotatable bonds is 6. The van der Waals surface area contributed by atoms with Crippen LogP contribution in [0.25, 0.3) is 5.82 Å². The Balaban J connectivity index is 1.39. The fourth-order valence-electron chi connectivity index (χ4n) is 3.62. The topological polar surface area (TPSA) is 87.4 Å². The van der Waals surface area contributed by atoms with Gasteiger partial charge in [0.25, 0.3) is 0 Å². The molecular formula is C23H27N7O. The molecule has 3 aromatic rings. The monoisotopic (exact) mass is 417 g/mol. The number of nitrogens with one attached hydrogen (secondary N) is 2. The molecular weight excluding hydrogens is 390 g/mol. The number of aliphatic imine (C=N–C) groups is 1. The van der Waals surface area contributed by atoms with Crippen molar-refractivity contribution in [3.63, 3.8) is 0 Å². The zero-order valence-electron chi connectivity index (χ0n) is 17.8. The second-order valence-electron chi connectivity index (χ2n) is 7.45. The van der Waals surface area contributed by atoms with E-state index in [2.05, 4.69) is 25.6 Å². The Hall–Kier alpha value is -3.68. The van der Waals surface area contributed by atoms with Crippen molar-refractivity contribution in [3.8, 4) is 5.82 Å². The average molecular weight is 418 g/mol. The molecule has 0 saturated carbocycles. The summed E-state index contributed by atoms with van der Waals surface area (Å²) in [6.07, 6.45) is 5.93. The van der Waals surface area contributed by atoms with Crippen LogP contribution in [0.15, 0.2) is 66.0 Å². The molecule has 2 aromatic heterocycles. The molecule has 0 aliphatic carbocycles. The number of benzene rings is 1.